The molecule has 4 N–H and O–H groups in total. The Kier molecular flexibility index (Phi) is 3.01. The molecule has 0 saturated carbocycles. The van der Waals surface area contributed by atoms with Gasteiger partial charge in [0.1, 0.15) is 11.8 Å². The number of aliphatic hydroxyl groups is 1. The van der Waals surface area contributed by atoms with Crippen molar-refractivity contribution in [1.82, 2.24) is 34.8 Å². The molecule has 22 heavy (non-hydrogen) atoms. The predicted octanol–water partition coefficient (Wildman–Crippen LogP) is -0.451. The van der Waals surface area contributed by atoms with Crippen LogP contribution in [0, 0.1) is 0 Å². The lowest BCUT2D eigenvalue weighted by Crippen LogP contribution is -2.22. The number of aromatic nitrogens is 6. The molecule has 3 aromatic rings. The number of rotatable bonds is 3. The molecule has 9 nitrogen and oxygen atoms in total. The van der Waals surface area contributed by atoms with Gasteiger partial charge >= 0.3 is 0 Å². The summed E-state index contributed by atoms with van der Waals surface area (Å²) in [5.74, 6) is 0.443. The van der Waals surface area contributed by atoms with Crippen LogP contribution in [0.4, 0.5) is 5.82 Å². The number of nitrogen functional groups attached to an aromatic ring is 1. The van der Waals surface area contributed by atoms with Crippen molar-refractivity contribution in [2.45, 2.75) is 18.7 Å². The number of nitrogens with two attached hydrogens (primary N) is 1. The average molecular weight is 300 g/mol. The second-order valence-electron chi connectivity index (χ2n) is 5.53. The summed E-state index contributed by atoms with van der Waals surface area (Å²) in [7, 11) is 0. The summed E-state index contributed by atoms with van der Waals surface area (Å²) in [5, 5.41) is 18.0. The van der Waals surface area contributed by atoms with E-state index in [9.17, 15) is 5.11 Å². The van der Waals surface area contributed by atoms with E-state index in [2.05, 4.69) is 30.2 Å². The maximum Gasteiger partial charge on any atom is 0.151 e. The molecule has 0 spiro atoms. The van der Waals surface area contributed by atoms with Gasteiger partial charge in [0.25, 0.3) is 0 Å². The molecular weight excluding hydrogens is 284 g/mol. The third kappa shape index (κ3) is 2.20. The summed E-state index contributed by atoms with van der Waals surface area (Å²) in [5.41, 5.74) is 8.38. The monoisotopic (exact) mass is 300 g/mol. The van der Waals surface area contributed by atoms with Gasteiger partial charge in [-0.15, -0.1) is 5.10 Å². The fraction of sp³-hybridized carbons (Fsp3) is 0.385. The molecule has 1 aliphatic heterocycles. The number of H-pyrrole nitrogens is 1. The molecule has 2 atom stereocenters. The number of aromatic amines is 1. The number of hydrogen-bond acceptors (Lipinski definition) is 7. The Hall–Kier alpha value is -2.52. The first-order chi connectivity index (χ1) is 10.7. The van der Waals surface area contributed by atoms with Crippen LogP contribution in [0.2, 0.25) is 0 Å². The van der Waals surface area contributed by atoms with Gasteiger partial charge in [-0.2, -0.15) is 0 Å². The summed E-state index contributed by atoms with van der Waals surface area (Å²) in [6.07, 6.45) is 4.39. The Morgan fingerprint density at radius 3 is 3.05 bits per heavy atom. The molecule has 1 aliphatic rings. The third-order valence-corrected chi connectivity index (χ3v) is 4.01. The molecule has 3 aromatic heterocycles. The summed E-state index contributed by atoms with van der Waals surface area (Å²) in [6.45, 7) is 1.97. The Morgan fingerprint density at radius 2 is 2.27 bits per heavy atom. The number of β-amino-alcohol motifs (C(OH)–C–C–N with tert-alkyl or cyclic N) is 1. The minimum absolute atomic E-state index is 0.0725. The normalized spacial score (nSPS) is 22.6. The van der Waals surface area contributed by atoms with Crippen molar-refractivity contribution in [1.29, 1.82) is 0 Å². The van der Waals surface area contributed by atoms with E-state index in [0.29, 0.717) is 25.5 Å². The maximum absolute atomic E-state index is 10.2. The Bertz CT molecular complexity index is 783. The van der Waals surface area contributed by atoms with Gasteiger partial charge in [-0.25, -0.2) is 14.6 Å². The number of likely N-dealkylation sites (tertiary alicyclic amines) is 1. The van der Waals surface area contributed by atoms with Crippen LogP contribution < -0.4 is 5.73 Å². The molecule has 0 unspecified atom stereocenters. The summed E-state index contributed by atoms with van der Waals surface area (Å²) in [6, 6.07) is 1.89. The summed E-state index contributed by atoms with van der Waals surface area (Å²) >= 11 is 0. The zero-order chi connectivity index (χ0) is 15.1. The SMILES string of the molecule is Nc1ncnc2cc(CN3C[C@H](O)[C@@H](n4ccnn4)C3)[nH]c12. The first kappa shape index (κ1) is 13.2. The lowest BCUT2D eigenvalue weighted by Gasteiger charge is -2.14. The maximum atomic E-state index is 10.2. The van der Waals surface area contributed by atoms with E-state index in [4.69, 9.17) is 5.73 Å². The van der Waals surface area contributed by atoms with Crippen LogP contribution in [-0.4, -0.2) is 59.1 Å². The quantitative estimate of drug-likeness (QED) is 0.598. The summed E-state index contributed by atoms with van der Waals surface area (Å²) < 4.78 is 1.71. The Morgan fingerprint density at radius 1 is 1.36 bits per heavy atom. The second kappa shape index (κ2) is 5.04. The molecular formula is C13H16N8O. The van der Waals surface area contributed by atoms with Crippen LogP contribution in [0.3, 0.4) is 0 Å². The smallest absolute Gasteiger partial charge is 0.151 e. The van der Waals surface area contributed by atoms with E-state index in [1.165, 1.54) is 6.33 Å². The molecule has 114 valence electrons. The van der Waals surface area contributed by atoms with Crippen LogP contribution in [0.25, 0.3) is 11.0 Å². The molecule has 4 rings (SSSR count). The van der Waals surface area contributed by atoms with E-state index in [1.54, 1.807) is 17.1 Å². The number of anilines is 1. The largest absolute Gasteiger partial charge is 0.390 e. The molecule has 0 radical (unpaired) electrons. The average Bonchev–Trinajstić information content (AvgIpc) is 3.19. The number of hydrogen-bond donors (Lipinski definition) is 3. The highest BCUT2D eigenvalue weighted by Crippen LogP contribution is 2.24. The lowest BCUT2D eigenvalue weighted by molar-refractivity contribution is 0.138. The van der Waals surface area contributed by atoms with Crippen LogP contribution in [-0.2, 0) is 6.54 Å². The number of aliphatic hydroxyl groups excluding tert-OH is 1. The van der Waals surface area contributed by atoms with Crippen LogP contribution in [0.15, 0.2) is 24.8 Å². The van der Waals surface area contributed by atoms with E-state index in [0.717, 1.165) is 16.7 Å². The first-order valence-corrected chi connectivity index (χ1v) is 7.05. The van der Waals surface area contributed by atoms with Crippen LogP contribution in [0.1, 0.15) is 11.7 Å². The van der Waals surface area contributed by atoms with Gasteiger partial charge in [0.15, 0.2) is 5.82 Å². The topological polar surface area (TPSA) is 122 Å². The zero-order valence-electron chi connectivity index (χ0n) is 11.8. The number of nitrogens with one attached hydrogen (secondary N) is 1. The van der Waals surface area contributed by atoms with Gasteiger partial charge in [-0.05, 0) is 6.07 Å². The number of nitrogens with zero attached hydrogens (tertiary/aromatic N) is 6. The van der Waals surface area contributed by atoms with Crippen molar-refractivity contribution in [2.75, 3.05) is 18.8 Å². The summed E-state index contributed by atoms with van der Waals surface area (Å²) in [4.78, 5) is 13.6. The molecule has 0 amide bonds. The van der Waals surface area contributed by atoms with E-state index in [1.807, 2.05) is 6.07 Å². The minimum Gasteiger partial charge on any atom is -0.390 e. The zero-order valence-corrected chi connectivity index (χ0v) is 11.8. The number of fused-ring (bicyclic) bond motifs is 1. The van der Waals surface area contributed by atoms with Crippen molar-refractivity contribution < 1.29 is 5.11 Å². The molecule has 0 aliphatic carbocycles. The van der Waals surface area contributed by atoms with Gasteiger partial charge in [-0.1, -0.05) is 5.21 Å². The molecule has 1 saturated heterocycles. The van der Waals surface area contributed by atoms with Crippen molar-refractivity contribution in [3.63, 3.8) is 0 Å². The van der Waals surface area contributed by atoms with Gasteiger partial charge in [-0.3, -0.25) is 4.90 Å². The lowest BCUT2D eigenvalue weighted by atomic mass is 10.2. The van der Waals surface area contributed by atoms with Crippen molar-refractivity contribution in [3.05, 3.63) is 30.5 Å². The molecule has 1 fully saturated rings. The molecule has 0 bridgehead atoms. The molecule has 9 heteroatoms. The Labute approximate surface area is 125 Å². The standard InChI is InChI=1S/C13H16N8O/c14-13-12-9(15-7-16-13)3-8(18-12)4-20-5-10(11(22)6-20)21-2-1-17-19-21/h1-3,7,10-11,18,22H,4-6H2,(H2,14,15,16)/t10-,11-/m0/s1. The Balaban J connectivity index is 1.52. The highest BCUT2D eigenvalue weighted by Gasteiger charge is 2.33. The van der Waals surface area contributed by atoms with E-state index < -0.39 is 6.10 Å². The fourth-order valence-corrected chi connectivity index (χ4v) is 2.97. The van der Waals surface area contributed by atoms with Crippen molar-refractivity contribution in [2.24, 2.45) is 0 Å². The third-order valence-electron chi connectivity index (χ3n) is 4.01. The van der Waals surface area contributed by atoms with Crippen LogP contribution >= 0.6 is 0 Å². The van der Waals surface area contributed by atoms with Gasteiger partial charge in [0.05, 0.1) is 23.9 Å². The van der Waals surface area contributed by atoms with E-state index in [-0.39, 0.29) is 6.04 Å². The van der Waals surface area contributed by atoms with Gasteiger partial charge in [0.2, 0.25) is 0 Å². The fourth-order valence-electron chi connectivity index (χ4n) is 2.97. The molecule has 0 aromatic carbocycles. The second-order valence-corrected chi connectivity index (χ2v) is 5.53. The first-order valence-electron chi connectivity index (χ1n) is 7.05. The van der Waals surface area contributed by atoms with Crippen LogP contribution in [0.5, 0.6) is 0 Å². The molecule has 4 heterocycles. The minimum atomic E-state index is -0.462. The highest BCUT2D eigenvalue weighted by atomic mass is 16.3. The predicted molar refractivity (Wildman–Crippen MR) is 78.6 cm³/mol. The van der Waals surface area contributed by atoms with Crippen molar-refractivity contribution in [3.8, 4) is 0 Å². The van der Waals surface area contributed by atoms with Gasteiger partial charge < -0.3 is 15.8 Å². The van der Waals surface area contributed by atoms with E-state index >= 15 is 0 Å². The van der Waals surface area contributed by atoms with Gasteiger partial charge in [0, 0.05) is 31.5 Å². The van der Waals surface area contributed by atoms with Crippen molar-refractivity contribution >= 4 is 16.9 Å². The highest BCUT2D eigenvalue weighted by molar-refractivity contribution is 5.84.